The lowest BCUT2D eigenvalue weighted by Gasteiger charge is -2.38. The van der Waals surface area contributed by atoms with Crippen molar-refractivity contribution in [1.29, 1.82) is 0 Å². The monoisotopic (exact) mass is 587 g/mol. The Labute approximate surface area is 253 Å². The molecule has 1 aliphatic rings. The molecule has 228 valence electrons. The first-order valence-corrected chi connectivity index (χ1v) is 15.0. The zero-order valence-electron chi connectivity index (χ0n) is 25.7. The molecule has 0 amide bonds. The zero-order valence-corrected chi connectivity index (χ0v) is 25.7. The van der Waals surface area contributed by atoms with Gasteiger partial charge in [0.15, 0.2) is 18.0 Å². The lowest BCUT2D eigenvalue weighted by molar-refractivity contribution is -0.166. The number of carbonyl (C=O) groups is 3. The molecule has 0 N–H and O–H groups in total. The lowest BCUT2D eigenvalue weighted by Crippen LogP contribution is -2.46. The van der Waals surface area contributed by atoms with Crippen molar-refractivity contribution in [2.75, 3.05) is 24.6 Å². The van der Waals surface area contributed by atoms with E-state index in [1.807, 2.05) is 62.4 Å². The molecular weight excluding hydrogens is 546 g/mol. The molecule has 0 saturated heterocycles. The topological polar surface area (TPSA) is 108 Å². The van der Waals surface area contributed by atoms with Crippen LogP contribution in [-0.2, 0) is 28.6 Å². The van der Waals surface area contributed by atoms with Crippen LogP contribution in [0.2, 0.25) is 0 Å². The number of nitrogens with zero attached hydrogens (tertiary/aromatic N) is 3. The van der Waals surface area contributed by atoms with Gasteiger partial charge in [-0.1, -0.05) is 72.5 Å². The third-order valence-corrected chi connectivity index (χ3v) is 7.33. The molecule has 0 radical (unpaired) electrons. The first-order valence-electron chi connectivity index (χ1n) is 15.0. The Morgan fingerprint density at radius 3 is 1.91 bits per heavy atom. The van der Waals surface area contributed by atoms with E-state index in [-0.39, 0.29) is 5.97 Å². The normalized spacial score (nSPS) is 15.9. The summed E-state index contributed by atoms with van der Waals surface area (Å²) in [6, 6.07) is 16.2. The van der Waals surface area contributed by atoms with Gasteiger partial charge in [-0.25, -0.2) is 9.97 Å². The molecule has 0 aliphatic carbocycles. The first-order chi connectivity index (χ1) is 20.7. The molecule has 2 heterocycles. The van der Waals surface area contributed by atoms with Crippen LogP contribution in [0.5, 0.6) is 0 Å². The summed E-state index contributed by atoms with van der Waals surface area (Å²) in [5, 5.41) is 0. The molecule has 0 fully saturated rings. The molecule has 0 saturated carbocycles. The van der Waals surface area contributed by atoms with Crippen LogP contribution in [0.4, 0.5) is 5.82 Å². The van der Waals surface area contributed by atoms with Crippen LogP contribution < -0.4 is 4.90 Å². The molecule has 2 unspecified atom stereocenters. The van der Waals surface area contributed by atoms with E-state index in [2.05, 4.69) is 4.90 Å². The fraction of sp³-hybridized carbons (Fsp3) is 0.441. The number of hydrogen-bond acceptors (Lipinski definition) is 9. The van der Waals surface area contributed by atoms with Crippen molar-refractivity contribution in [3.05, 3.63) is 65.4 Å². The quantitative estimate of drug-likeness (QED) is 0.137. The number of benzene rings is 2. The average molecular weight is 588 g/mol. The van der Waals surface area contributed by atoms with E-state index in [9.17, 15) is 14.4 Å². The van der Waals surface area contributed by atoms with Gasteiger partial charge >= 0.3 is 17.9 Å². The third-order valence-electron chi connectivity index (χ3n) is 7.33. The molecule has 1 aliphatic heterocycles. The van der Waals surface area contributed by atoms with Crippen LogP contribution in [0.25, 0.3) is 22.5 Å². The summed E-state index contributed by atoms with van der Waals surface area (Å²) in [5.74, 6) is -0.527. The number of hydrogen-bond donors (Lipinski definition) is 0. The van der Waals surface area contributed by atoms with Gasteiger partial charge in [0.05, 0.1) is 24.5 Å². The molecule has 9 nitrogen and oxygen atoms in total. The van der Waals surface area contributed by atoms with Crippen molar-refractivity contribution in [2.24, 2.45) is 0 Å². The standard InChI is InChI=1S/C34H41N3O6/c1-6-41-29(40)11-9-7-8-10-20-37-21-28(42-24(4)38)33(43-25(5)39)32-34(37)36-31(27-18-14-23(3)15-19-27)30(35-32)26-16-12-22(2)13-17-26/h12-19,28,33H,6-11,20-21H2,1-5H3. The van der Waals surface area contributed by atoms with Gasteiger partial charge < -0.3 is 19.1 Å². The Hall–Kier alpha value is -4.27. The van der Waals surface area contributed by atoms with Crippen LogP contribution in [0.3, 0.4) is 0 Å². The van der Waals surface area contributed by atoms with E-state index in [0.29, 0.717) is 43.3 Å². The average Bonchev–Trinajstić information content (AvgIpc) is 2.96. The summed E-state index contributed by atoms with van der Waals surface area (Å²) >= 11 is 0. The van der Waals surface area contributed by atoms with Crippen molar-refractivity contribution in [3.8, 4) is 22.5 Å². The molecule has 2 atom stereocenters. The van der Waals surface area contributed by atoms with Gasteiger partial charge in [-0.3, -0.25) is 14.4 Å². The summed E-state index contributed by atoms with van der Waals surface area (Å²) in [5.41, 5.74) is 5.88. The maximum atomic E-state index is 12.3. The van der Waals surface area contributed by atoms with Crippen LogP contribution in [0, 0.1) is 13.8 Å². The molecule has 2 aromatic carbocycles. The van der Waals surface area contributed by atoms with Crippen LogP contribution in [-0.4, -0.2) is 53.7 Å². The van der Waals surface area contributed by atoms with Crippen LogP contribution in [0.1, 0.15) is 75.8 Å². The molecule has 0 spiro atoms. The Bertz CT molecular complexity index is 1420. The summed E-state index contributed by atoms with van der Waals surface area (Å²) in [7, 11) is 0. The largest absolute Gasteiger partial charge is 0.466 e. The number of unbranched alkanes of at least 4 members (excludes halogenated alkanes) is 3. The van der Waals surface area contributed by atoms with E-state index in [1.54, 1.807) is 6.92 Å². The Kier molecular flexibility index (Phi) is 10.9. The van der Waals surface area contributed by atoms with E-state index in [4.69, 9.17) is 24.2 Å². The fourth-order valence-corrected chi connectivity index (χ4v) is 5.24. The summed E-state index contributed by atoms with van der Waals surface area (Å²) in [6.45, 7) is 9.87. The van der Waals surface area contributed by atoms with Gasteiger partial charge in [-0.05, 0) is 33.6 Å². The maximum absolute atomic E-state index is 12.3. The highest BCUT2D eigenvalue weighted by Crippen LogP contribution is 2.40. The lowest BCUT2D eigenvalue weighted by atomic mass is 9.98. The minimum Gasteiger partial charge on any atom is -0.466 e. The molecule has 43 heavy (non-hydrogen) atoms. The maximum Gasteiger partial charge on any atom is 0.305 e. The zero-order chi connectivity index (χ0) is 30.9. The minimum absolute atomic E-state index is 0.170. The number of aromatic nitrogens is 2. The number of ether oxygens (including phenoxy) is 3. The van der Waals surface area contributed by atoms with Crippen molar-refractivity contribution in [2.45, 2.75) is 78.9 Å². The fourth-order valence-electron chi connectivity index (χ4n) is 5.24. The van der Waals surface area contributed by atoms with Crippen LogP contribution >= 0.6 is 0 Å². The summed E-state index contributed by atoms with van der Waals surface area (Å²) in [4.78, 5) is 48.4. The van der Waals surface area contributed by atoms with Gasteiger partial charge in [0, 0.05) is 37.9 Å². The second kappa shape index (κ2) is 14.8. The molecule has 9 heteroatoms. The predicted molar refractivity (Wildman–Crippen MR) is 164 cm³/mol. The highest BCUT2D eigenvalue weighted by atomic mass is 16.6. The highest BCUT2D eigenvalue weighted by molar-refractivity contribution is 5.80. The van der Waals surface area contributed by atoms with Gasteiger partial charge in [0.1, 0.15) is 5.69 Å². The van der Waals surface area contributed by atoms with Crippen molar-refractivity contribution < 1.29 is 28.6 Å². The molecule has 4 rings (SSSR count). The number of anilines is 1. The number of rotatable bonds is 12. The van der Waals surface area contributed by atoms with E-state index in [0.717, 1.165) is 53.6 Å². The number of aryl methyl sites for hydroxylation is 2. The first kappa shape index (κ1) is 31.7. The van der Waals surface area contributed by atoms with Gasteiger partial charge in [0.2, 0.25) is 0 Å². The van der Waals surface area contributed by atoms with Gasteiger partial charge in [-0.2, -0.15) is 0 Å². The van der Waals surface area contributed by atoms with Gasteiger partial charge in [-0.15, -0.1) is 0 Å². The summed E-state index contributed by atoms with van der Waals surface area (Å²) in [6.07, 6.45) is 2.13. The number of fused-ring (bicyclic) bond motifs is 1. The second-order valence-electron chi connectivity index (χ2n) is 11.0. The third kappa shape index (κ3) is 8.40. The van der Waals surface area contributed by atoms with Gasteiger partial charge in [0.25, 0.3) is 0 Å². The molecular formula is C34H41N3O6. The Morgan fingerprint density at radius 1 is 0.791 bits per heavy atom. The smallest absolute Gasteiger partial charge is 0.305 e. The molecule has 0 bridgehead atoms. The molecule has 3 aromatic rings. The molecule has 1 aromatic heterocycles. The Morgan fingerprint density at radius 2 is 1.35 bits per heavy atom. The minimum atomic E-state index is -0.902. The number of carbonyl (C=O) groups excluding carboxylic acids is 3. The predicted octanol–water partition coefficient (Wildman–Crippen LogP) is 6.30. The van der Waals surface area contributed by atoms with Crippen molar-refractivity contribution in [3.63, 3.8) is 0 Å². The number of esters is 3. The Balaban J connectivity index is 1.74. The summed E-state index contributed by atoms with van der Waals surface area (Å²) < 4.78 is 16.5. The van der Waals surface area contributed by atoms with Crippen LogP contribution in [0.15, 0.2) is 48.5 Å². The second-order valence-corrected chi connectivity index (χ2v) is 11.0. The van der Waals surface area contributed by atoms with E-state index in [1.165, 1.54) is 13.8 Å². The SMILES string of the molecule is CCOC(=O)CCCCCCN1CC(OC(C)=O)C(OC(C)=O)c2nc(-c3ccc(C)cc3)c(-c3ccc(C)cc3)nc21. The van der Waals surface area contributed by atoms with Crippen molar-refractivity contribution in [1.82, 2.24) is 9.97 Å². The van der Waals surface area contributed by atoms with E-state index < -0.39 is 24.1 Å². The van der Waals surface area contributed by atoms with Crippen molar-refractivity contribution >= 4 is 23.7 Å². The highest BCUT2D eigenvalue weighted by Gasteiger charge is 2.41. The van der Waals surface area contributed by atoms with E-state index >= 15 is 0 Å².